The van der Waals surface area contributed by atoms with Crippen molar-refractivity contribution in [1.29, 1.82) is 0 Å². The second-order valence-electron chi connectivity index (χ2n) is 5.25. The Hall–Kier alpha value is -1.79. The summed E-state index contributed by atoms with van der Waals surface area (Å²) in [7, 11) is 1.40. The highest BCUT2D eigenvalue weighted by molar-refractivity contribution is 5.85. The van der Waals surface area contributed by atoms with Crippen LogP contribution in [0.5, 0.6) is 0 Å². The minimum absolute atomic E-state index is 0.226. The third-order valence-electron chi connectivity index (χ3n) is 2.40. The summed E-state index contributed by atoms with van der Waals surface area (Å²) in [6.07, 6.45) is 0. The number of hydrogen-bond acceptors (Lipinski definition) is 4. The minimum atomic E-state index is -1.12. The fraction of sp³-hybridized carbons (Fsp3) is 0.750. The van der Waals surface area contributed by atoms with Crippen molar-refractivity contribution in [3.05, 3.63) is 0 Å². The smallest absolute Gasteiger partial charge is 0.326 e. The largest absolute Gasteiger partial charge is 0.480 e. The standard InChI is InChI=1S/C12H22N2O5/c1-6-19-8(15)7-14(5)11(18)13-9(10(16)17)12(2,3)4/h9H,6-7H2,1-5H3,(H,13,18)(H,16,17)/t9-/m1/s1. The van der Waals surface area contributed by atoms with Gasteiger partial charge in [0.1, 0.15) is 12.6 Å². The van der Waals surface area contributed by atoms with Gasteiger partial charge >= 0.3 is 18.0 Å². The van der Waals surface area contributed by atoms with Crippen molar-refractivity contribution in [2.24, 2.45) is 5.41 Å². The van der Waals surface area contributed by atoms with Crippen molar-refractivity contribution in [2.75, 3.05) is 20.2 Å². The van der Waals surface area contributed by atoms with Crippen LogP contribution < -0.4 is 5.32 Å². The molecule has 0 aliphatic heterocycles. The van der Waals surface area contributed by atoms with Crippen LogP contribution in [-0.2, 0) is 14.3 Å². The van der Waals surface area contributed by atoms with Crippen LogP contribution in [0.3, 0.4) is 0 Å². The first-order valence-electron chi connectivity index (χ1n) is 5.99. The summed E-state index contributed by atoms with van der Waals surface area (Å²) in [6, 6.07) is -1.67. The first-order valence-corrected chi connectivity index (χ1v) is 5.99. The molecule has 7 heteroatoms. The van der Waals surface area contributed by atoms with Crippen LogP contribution in [0.1, 0.15) is 27.7 Å². The highest BCUT2D eigenvalue weighted by Crippen LogP contribution is 2.19. The lowest BCUT2D eigenvalue weighted by Gasteiger charge is -2.29. The molecule has 0 heterocycles. The predicted molar refractivity (Wildman–Crippen MR) is 68.7 cm³/mol. The monoisotopic (exact) mass is 274 g/mol. The van der Waals surface area contributed by atoms with Crippen molar-refractivity contribution in [3.63, 3.8) is 0 Å². The number of urea groups is 1. The van der Waals surface area contributed by atoms with E-state index in [1.807, 2.05) is 0 Å². The van der Waals surface area contributed by atoms with Gasteiger partial charge in [-0.15, -0.1) is 0 Å². The summed E-state index contributed by atoms with van der Waals surface area (Å²) in [5.41, 5.74) is -0.633. The average Bonchev–Trinajstić information content (AvgIpc) is 2.23. The van der Waals surface area contributed by atoms with Crippen molar-refractivity contribution in [3.8, 4) is 0 Å². The van der Waals surface area contributed by atoms with Crippen molar-refractivity contribution < 1.29 is 24.2 Å². The molecule has 7 nitrogen and oxygen atoms in total. The van der Waals surface area contributed by atoms with Crippen LogP contribution in [0, 0.1) is 5.41 Å². The first kappa shape index (κ1) is 17.2. The fourth-order valence-corrected chi connectivity index (χ4v) is 1.35. The zero-order valence-corrected chi connectivity index (χ0v) is 12.0. The summed E-state index contributed by atoms with van der Waals surface area (Å²) in [6.45, 7) is 6.79. The molecule has 0 aromatic rings. The Morgan fingerprint density at radius 1 is 1.32 bits per heavy atom. The van der Waals surface area contributed by atoms with Crippen molar-refractivity contribution in [2.45, 2.75) is 33.7 Å². The zero-order chi connectivity index (χ0) is 15.2. The predicted octanol–water partition coefficient (Wildman–Crippen LogP) is 0.690. The van der Waals surface area contributed by atoms with Gasteiger partial charge in [-0.3, -0.25) is 4.79 Å². The molecule has 0 unspecified atom stereocenters. The van der Waals surface area contributed by atoms with Gasteiger partial charge in [0.15, 0.2) is 0 Å². The molecule has 110 valence electrons. The number of esters is 1. The highest BCUT2D eigenvalue weighted by Gasteiger charge is 2.33. The van der Waals surface area contributed by atoms with Crippen LogP contribution >= 0.6 is 0 Å². The molecule has 1 atom stereocenters. The van der Waals surface area contributed by atoms with Gasteiger partial charge in [0, 0.05) is 7.05 Å². The summed E-state index contributed by atoms with van der Waals surface area (Å²) in [5.74, 6) is -1.66. The Balaban J connectivity index is 4.57. The van der Waals surface area contributed by atoms with Crippen LogP contribution in [0.15, 0.2) is 0 Å². The van der Waals surface area contributed by atoms with Gasteiger partial charge in [-0.1, -0.05) is 20.8 Å². The lowest BCUT2D eigenvalue weighted by molar-refractivity contribution is -0.143. The molecule has 0 aliphatic rings. The molecule has 0 saturated heterocycles. The Morgan fingerprint density at radius 3 is 2.21 bits per heavy atom. The second kappa shape index (κ2) is 6.96. The van der Waals surface area contributed by atoms with E-state index in [-0.39, 0.29) is 13.2 Å². The van der Waals surface area contributed by atoms with Gasteiger partial charge in [-0.05, 0) is 12.3 Å². The van der Waals surface area contributed by atoms with Crippen molar-refractivity contribution >= 4 is 18.0 Å². The van der Waals surface area contributed by atoms with E-state index in [0.29, 0.717) is 0 Å². The number of carboxylic acid groups (broad SMARTS) is 1. The number of carbonyl (C=O) groups is 3. The number of nitrogens with one attached hydrogen (secondary N) is 1. The molecule has 2 N–H and O–H groups in total. The van der Waals surface area contributed by atoms with Gasteiger partial charge in [-0.2, -0.15) is 0 Å². The molecule has 0 rings (SSSR count). The molecule has 0 aromatic carbocycles. The normalized spacial score (nSPS) is 12.5. The first-order chi connectivity index (χ1) is 8.59. The highest BCUT2D eigenvalue weighted by atomic mass is 16.5. The number of carboxylic acids is 1. The van der Waals surface area contributed by atoms with Crippen LogP contribution in [0.4, 0.5) is 4.79 Å². The van der Waals surface area contributed by atoms with Gasteiger partial charge < -0.3 is 20.1 Å². The Labute approximate surface area is 112 Å². The maximum Gasteiger partial charge on any atom is 0.326 e. The number of likely N-dealkylation sites (N-methyl/N-ethyl adjacent to an activating group) is 1. The molecule has 0 bridgehead atoms. The third kappa shape index (κ3) is 6.08. The number of rotatable bonds is 5. The number of ether oxygens (including phenoxy) is 1. The molecular formula is C12H22N2O5. The maximum atomic E-state index is 11.8. The van der Waals surface area contributed by atoms with Gasteiger partial charge in [-0.25, -0.2) is 9.59 Å². The molecule has 0 aliphatic carbocycles. The topological polar surface area (TPSA) is 95.9 Å². The minimum Gasteiger partial charge on any atom is -0.480 e. The average molecular weight is 274 g/mol. The Bertz CT molecular complexity index is 349. The molecule has 0 saturated carbocycles. The molecule has 2 amide bonds. The summed E-state index contributed by atoms with van der Waals surface area (Å²) in [4.78, 5) is 35.2. The van der Waals surface area contributed by atoms with Crippen LogP contribution in [0.25, 0.3) is 0 Å². The van der Waals surface area contributed by atoms with E-state index in [9.17, 15) is 14.4 Å². The number of nitrogens with zero attached hydrogens (tertiary/aromatic N) is 1. The summed E-state index contributed by atoms with van der Waals surface area (Å²) in [5, 5.41) is 11.5. The Morgan fingerprint density at radius 2 is 1.84 bits per heavy atom. The maximum absolute atomic E-state index is 11.8. The van der Waals surface area contributed by atoms with E-state index in [1.54, 1.807) is 27.7 Å². The lowest BCUT2D eigenvalue weighted by atomic mass is 9.87. The molecule has 19 heavy (non-hydrogen) atoms. The number of carbonyl (C=O) groups excluding carboxylic acids is 2. The number of hydrogen-bond donors (Lipinski definition) is 2. The quantitative estimate of drug-likeness (QED) is 0.719. The van der Waals surface area contributed by atoms with Crippen LogP contribution in [0.2, 0.25) is 0 Å². The van der Waals surface area contributed by atoms with E-state index in [1.165, 1.54) is 7.05 Å². The molecule has 0 fully saturated rings. The molecule has 0 spiro atoms. The molecule has 0 radical (unpaired) electrons. The fourth-order valence-electron chi connectivity index (χ4n) is 1.35. The number of aliphatic carboxylic acids is 1. The van der Waals surface area contributed by atoms with E-state index in [2.05, 4.69) is 5.32 Å². The SMILES string of the molecule is CCOC(=O)CN(C)C(=O)N[C@H](C(=O)O)C(C)(C)C. The second-order valence-corrected chi connectivity index (χ2v) is 5.25. The van der Waals surface area contributed by atoms with E-state index in [4.69, 9.17) is 9.84 Å². The van der Waals surface area contributed by atoms with Gasteiger partial charge in [0.2, 0.25) is 0 Å². The number of amides is 2. The zero-order valence-electron chi connectivity index (χ0n) is 12.0. The van der Waals surface area contributed by atoms with Crippen LogP contribution in [-0.4, -0.2) is 54.2 Å². The molecule has 0 aromatic heterocycles. The van der Waals surface area contributed by atoms with E-state index in [0.717, 1.165) is 4.90 Å². The Kier molecular flexibility index (Phi) is 6.31. The lowest BCUT2D eigenvalue weighted by Crippen LogP contribution is -2.53. The summed E-state index contributed by atoms with van der Waals surface area (Å²) < 4.78 is 4.71. The van der Waals surface area contributed by atoms with Crippen molar-refractivity contribution in [1.82, 2.24) is 10.2 Å². The van der Waals surface area contributed by atoms with E-state index < -0.39 is 29.4 Å². The molecular weight excluding hydrogens is 252 g/mol. The van der Waals surface area contributed by atoms with Gasteiger partial charge in [0.25, 0.3) is 0 Å². The third-order valence-corrected chi connectivity index (χ3v) is 2.40. The van der Waals surface area contributed by atoms with Gasteiger partial charge in [0.05, 0.1) is 6.61 Å². The van der Waals surface area contributed by atoms with E-state index >= 15 is 0 Å². The summed E-state index contributed by atoms with van der Waals surface area (Å²) >= 11 is 0.